The Balaban J connectivity index is 1.91. The van der Waals surface area contributed by atoms with E-state index in [0.717, 1.165) is 20.3 Å². The molecule has 0 aliphatic carbocycles. The number of carbonyl (C=O) groups is 2. The molecule has 3 rings (SSSR count). The van der Waals surface area contributed by atoms with Crippen LogP contribution in [-0.4, -0.2) is 40.0 Å². The Labute approximate surface area is 134 Å². The fourth-order valence-electron chi connectivity index (χ4n) is 2.27. The average Bonchev–Trinajstić information content (AvgIpc) is 2.78. The number of rotatable bonds is 4. The van der Waals surface area contributed by atoms with Crippen molar-refractivity contribution in [1.29, 1.82) is 0 Å². The van der Waals surface area contributed by atoms with Gasteiger partial charge in [0.15, 0.2) is 0 Å². The maximum Gasteiger partial charge on any atom is 0.277 e. The number of benzene rings is 1. The quantitative estimate of drug-likeness (QED) is 0.809. The van der Waals surface area contributed by atoms with Crippen molar-refractivity contribution < 1.29 is 14.7 Å². The number of halogens is 1. The molecule has 2 heterocycles. The highest BCUT2D eigenvalue weighted by atomic mass is 79.9. The number of nitrogens with one attached hydrogen (secondary N) is 1. The number of carbonyl (C=O) groups excluding carboxylic acids is 2. The average molecular weight is 362 g/mol. The van der Waals surface area contributed by atoms with Crippen LogP contribution in [0.1, 0.15) is 0 Å². The topological polar surface area (TPSA) is 82.5 Å². The van der Waals surface area contributed by atoms with E-state index in [0.29, 0.717) is 5.69 Å². The molecule has 0 atom stereocenters. The summed E-state index contributed by atoms with van der Waals surface area (Å²) >= 11 is 3.49. The summed E-state index contributed by atoms with van der Waals surface area (Å²) in [4.78, 5) is 29.1. The zero-order valence-electron chi connectivity index (χ0n) is 11.4. The third kappa shape index (κ3) is 2.49. The van der Waals surface area contributed by atoms with Gasteiger partial charge in [0.05, 0.1) is 28.8 Å². The molecule has 2 amide bonds. The molecule has 112 valence electrons. The summed E-state index contributed by atoms with van der Waals surface area (Å²) in [6.07, 6.45) is 2.94. The molecule has 1 aliphatic rings. The van der Waals surface area contributed by atoms with E-state index in [1.807, 2.05) is 18.2 Å². The number of hydrogen-bond donors (Lipinski definition) is 2. The van der Waals surface area contributed by atoms with Crippen LogP contribution >= 0.6 is 15.9 Å². The molecule has 2 aromatic rings. The molecule has 0 spiro atoms. The number of β-amino-alcohol motifs (C(OH)–C–C–N with tert-alkyl or cyclic N) is 1. The monoisotopic (exact) mass is 361 g/mol. The van der Waals surface area contributed by atoms with Gasteiger partial charge in [-0.2, -0.15) is 0 Å². The van der Waals surface area contributed by atoms with Gasteiger partial charge in [0.2, 0.25) is 0 Å². The van der Waals surface area contributed by atoms with Gasteiger partial charge >= 0.3 is 0 Å². The number of nitrogens with zero attached hydrogens (tertiary/aromatic N) is 2. The molecule has 7 heteroatoms. The molecule has 0 bridgehead atoms. The summed E-state index contributed by atoms with van der Waals surface area (Å²) < 4.78 is 0.764. The van der Waals surface area contributed by atoms with E-state index < -0.39 is 11.8 Å². The van der Waals surface area contributed by atoms with Crippen molar-refractivity contribution >= 4 is 44.3 Å². The zero-order chi connectivity index (χ0) is 15.7. The Bertz CT molecular complexity index is 804. The summed E-state index contributed by atoms with van der Waals surface area (Å²) in [6.45, 7) is -0.272. The van der Waals surface area contributed by atoms with Crippen molar-refractivity contribution in [1.82, 2.24) is 9.88 Å². The van der Waals surface area contributed by atoms with E-state index in [1.54, 1.807) is 12.3 Å². The molecule has 1 aromatic carbocycles. The van der Waals surface area contributed by atoms with E-state index in [9.17, 15) is 9.59 Å². The molecule has 1 aromatic heterocycles. The zero-order valence-corrected chi connectivity index (χ0v) is 13.0. The first-order valence-electron chi connectivity index (χ1n) is 6.60. The van der Waals surface area contributed by atoms with Crippen molar-refractivity contribution in [2.24, 2.45) is 0 Å². The second-order valence-corrected chi connectivity index (χ2v) is 5.49. The lowest BCUT2D eigenvalue weighted by atomic mass is 10.2. The predicted molar refractivity (Wildman–Crippen MR) is 85.0 cm³/mol. The van der Waals surface area contributed by atoms with Gasteiger partial charge in [-0.1, -0.05) is 6.07 Å². The fraction of sp³-hybridized carbons (Fsp3) is 0.133. The van der Waals surface area contributed by atoms with E-state index in [2.05, 4.69) is 26.2 Å². The number of aliphatic hydroxyl groups is 1. The minimum Gasteiger partial charge on any atom is -0.395 e. The minimum absolute atomic E-state index is 0.0117. The summed E-state index contributed by atoms with van der Waals surface area (Å²) in [5.41, 5.74) is 1.67. The fourth-order valence-corrected chi connectivity index (χ4v) is 2.83. The smallest absolute Gasteiger partial charge is 0.277 e. The van der Waals surface area contributed by atoms with Gasteiger partial charge in [0, 0.05) is 17.7 Å². The summed E-state index contributed by atoms with van der Waals surface area (Å²) in [6, 6.07) is 7.34. The van der Waals surface area contributed by atoms with Crippen LogP contribution in [0.15, 0.2) is 46.7 Å². The second-order valence-electron chi connectivity index (χ2n) is 4.70. The van der Waals surface area contributed by atoms with Gasteiger partial charge in [-0.15, -0.1) is 0 Å². The number of amides is 2. The normalized spacial score (nSPS) is 14.6. The molecule has 1 aliphatic heterocycles. The van der Waals surface area contributed by atoms with Gasteiger partial charge < -0.3 is 10.4 Å². The first-order valence-corrected chi connectivity index (χ1v) is 7.40. The summed E-state index contributed by atoms with van der Waals surface area (Å²) in [5, 5.41) is 12.8. The molecule has 0 fully saturated rings. The number of imide groups is 1. The molecule has 22 heavy (non-hydrogen) atoms. The van der Waals surface area contributed by atoms with Crippen LogP contribution in [0.5, 0.6) is 0 Å². The van der Waals surface area contributed by atoms with E-state index in [-0.39, 0.29) is 18.8 Å². The van der Waals surface area contributed by atoms with E-state index >= 15 is 0 Å². The maximum atomic E-state index is 12.1. The number of hydrogen-bond acceptors (Lipinski definition) is 5. The highest BCUT2D eigenvalue weighted by Crippen LogP contribution is 2.31. The molecule has 0 saturated heterocycles. The summed E-state index contributed by atoms with van der Waals surface area (Å²) in [5.74, 6) is -0.877. The van der Waals surface area contributed by atoms with Crippen molar-refractivity contribution in [3.05, 3.63) is 46.7 Å². The van der Waals surface area contributed by atoms with E-state index in [1.165, 1.54) is 6.08 Å². The van der Waals surface area contributed by atoms with Crippen LogP contribution in [0, 0.1) is 0 Å². The molecule has 0 radical (unpaired) electrons. The summed E-state index contributed by atoms with van der Waals surface area (Å²) in [7, 11) is 0. The number of aliphatic hydroxyl groups excluding tert-OH is 1. The van der Waals surface area contributed by atoms with Gasteiger partial charge in [0.25, 0.3) is 11.8 Å². The Hall–Kier alpha value is -2.25. The van der Waals surface area contributed by atoms with E-state index in [4.69, 9.17) is 5.11 Å². The minimum atomic E-state index is -0.447. The number of fused-ring (bicyclic) bond motifs is 1. The molecule has 6 nitrogen and oxygen atoms in total. The van der Waals surface area contributed by atoms with Crippen LogP contribution in [-0.2, 0) is 9.59 Å². The number of anilines is 1. The van der Waals surface area contributed by atoms with Crippen molar-refractivity contribution in [2.75, 3.05) is 18.5 Å². The Morgan fingerprint density at radius 3 is 2.86 bits per heavy atom. The maximum absolute atomic E-state index is 12.1. The van der Waals surface area contributed by atoms with Crippen LogP contribution in [0.3, 0.4) is 0 Å². The van der Waals surface area contributed by atoms with Crippen LogP contribution in [0.4, 0.5) is 5.69 Å². The Morgan fingerprint density at radius 1 is 1.27 bits per heavy atom. The van der Waals surface area contributed by atoms with Crippen molar-refractivity contribution in [3.63, 3.8) is 0 Å². The molecular formula is C15H12BrN3O3. The molecule has 0 unspecified atom stereocenters. The predicted octanol–water partition coefficient (Wildman–Crippen LogP) is 1.65. The third-order valence-electron chi connectivity index (χ3n) is 3.32. The Morgan fingerprint density at radius 2 is 2.09 bits per heavy atom. The second kappa shape index (κ2) is 5.86. The standard InChI is InChI=1S/C15H12BrN3O3/c16-14-9-2-1-5-17-10(9)3-4-11(14)18-12-8-13(21)19(6-7-20)15(12)22/h1-5,8,18,20H,6-7H2. The van der Waals surface area contributed by atoms with Crippen LogP contribution < -0.4 is 5.32 Å². The SMILES string of the molecule is O=C1C=C(Nc2ccc3ncccc3c2Br)C(=O)N1CCO. The first kappa shape index (κ1) is 14.7. The van der Waals surface area contributed by atoms with Gasteiger partial charge in [-0.05, 0) is 34.1 Å². The first-order chi connectivity index (χ1) is 10.6. The largest absolute Gasteiger partial charge is 0.395 e. The van der Waals surface area contributed by atoms with Crippen molar-refractivity contribution in [2.45, 2.75) is 0 Å². The van der Waals surface area contributed by atoms with Crippen LogP contribution in [0.25, 0.3) is 10.9 Å². The molecular weight excluding hydrogens is 350 g/mol. The van der Waals surface area contributed by atoms with Gasteiger partial charge in [-0.25, -0.2) is 0 Å². The van der Waals surface area contributed by atoms with Crippen LogP contribution in [0.2, 0.25) is 0 Å². The number of pyridine rings is 1. The lowest BCUT2D eigenvalue weighted by Crippen LogP contribution is -2.34. The molecule has 0 saturated carbocycles. The van der Waals surface area contributed by atoms with Crippen molar-refractivity contribution in [3.8, 4) is 0 Å². The van der Waals surface area contributed by atoms with Gasteiger partial charge in [-0.3, -0.25) is 19.5 Å². The molecule has 2 N–H and O–H groups in total. The van der Waals surface area contributed by atoms with Gasteiger partial charge in [0.1, 0.15) is 5.70 Å². The number of aromatic nitrogens is 1. The highest BCUT2D eigenvalue weighted by molar-refractivity contribution is 9.10. The lowest BCUT2D eigenvalue weighted by Gasteiger charge is -2.14. The third-order valence-corrected chi connectivity index (χ3v) is 4.18. The Kier molecular flexibility index (Phi) is 3.91. The lowest BCUT2D eigenvalue weighted by molar-refractivity contribution is -0.137. The highest BCUT2D eigenvalue weighted by Gasteiger charge is 2.30.